The van der Waals surface area contributed by atoms with Gasteiger partial charge in [0, 0.05) is 5.56 Å². The van der Waals surface area contributed by atoms with Crippen LogP contribution in [0.2, 0.25) is 0 Å². The van der Waals surface area contributed by atoms with Crippen LogP contribution in [0, 0.1) is 5.92 Å². The molecular formula is C32H31N5. The summed E-state index contributed by atoms with van der Waals surface area (Å²) in [7, 11) is 0. The summed E-state index contributed by atoms with van der Waals surface area (Å²) in [5, 5.41) is 17.7. The van der Waals surface area contributed by atoms with Crippen LogP contribution in [0.4, 0.5) is 0 Å². The van der Waals surface area contributed by atoms with E-state index in [0.29, 0.717) is 5.82 Å². The van der Waals surface area contributed by atoms with Gasteiger partial charge in [-0.15, -0.1) is 15.0 Å². The van der Waals surface area contributed by atoms with Gasteiger partial charge in [0.05, 0.1) is 0 Å². The molecule has 1 N–H and O–H groups in total. The molecule has 6 rings (SSSR count). The van der Waals surface area contributed by atoms with Gasteiger partial charge in [-0.1, -0.05) is 115 Å². The normalized spacial score (nSPS) is 14.5. The summed E-state index contributed by atoms with van der Waals surface area (Å²) in [6, 6.07) is 40.0. The van der Waals surface area contributed by atoms with Crippen LogP contribution in [0.1, 0.15) is 35.1 Å². The molecule has 1 saturated heterocycles. The monoisotopic (exact) mass is 485 g/mol. The quantitative estimate of drug-likeness (QED) is 0.300. The van der Waals surface area contributed by atoms with Crippen LogP contribution in [0.3, 0.4) is 0 Å². The van der Waals surface area contributed by atoms with Gasteiger partial charge < -0.3 is 5.32 Å². The minimum Gasteiger partial charge on any atom is -0.317 e. The Balaban J connectivity index is 1.42. The van der Waals surface area contributed by atoms with E-state index in [1.807, 2.05) is 18.2 Å². The van der Waals surface area contributed by atoms with Crippen LogP contribution >= 0.6 is 0 Å². The maximum Gasteiger partial charge on any atom is 0.204 e. The van der Waals surface area contributed by atoms with E-state index >= 15 is 0 Å². The maximum absolute atomic E-state index is 5.01. The van der Waals surface area contributed by atoms with Crippen LogP contribution in [-0.4, -0.2) is 33.3 Å². The van der Waals surface area contributed by atoms with Gasteiger partial charge in [0.1, 0.15) is 0 Å². The second kappa shape index (κ2) is 10.5. The van der Waals surface area contributed by atoms with Gasteiger partial charge >= 0.3 is 0 Å². The molecule has 184 valence electrons. The third-order valence-corrected chi connectivity index (χ3v) is 7.48. The van der Waals surface area contributed by atoms with Gasteiger partial charge in [-0.3, -0.25) is 0 Å². The molecule has 5 aromatic rings. The molecular weight excluding hydrogens is 454 g/mol. The molecule has 0 radical (unpaired) electrons. The highest BCUT2D eigenvalue weighted by Gasteiger charge is 2.41. The van der Waals surface area contributed by atoms with E-state index in [0.717, 1.165) is 47.7 Å². The van der Waals surface area contributed by atoms with E-state index in [1.54, 1.807) is 4.80 Å². The molecule has 4 aromatic carbocycles. The summed E-state index contributed by atoms with van der Waals surface area (Å²) < 4.78 is 0. The molecule has 1 aliphatic heterocycles. The predicted octanol–water partition coefficient (Wildman–Crippen LogP) is 5.72. The number of hydrogen-bond donors (Lipinski definition) is 1. The number of tetrazole rings is 1. The van der Waals surface area contributed by atoms with Crippen molar-refractivity contribution in [1.29, 1.82) is 0 Å². The van der Waals surface area contributed by atoms with Gasteiger partial charge in [0.15, 0.2) is 5.54 Å². The lowest BCUT2D eigenvalue weighted by Gasteiger charge is -2.34. The summed E-state index contributed by atoms with van der Waals surface area (Å²) in [4.78, 5) is 1.78. The van der Waals surface area contributed by atoms with E-state index < -0.39 is 5.54 Å². The molecule has 0 bridgehead atoms. The number of nitrogens with one attached hydrogen (secondary N) is 1. The summed E-state index contributed by atoms with van der Waals surface area (Å²) in [5.74, 6) is 1.38. The van der Waals surface area contributed by atoms with Crippen molar-refractivity contribution in [3.05, 3.63) is 138 Å². The Morgan fingerprint density at radius 3 is 1.70 bits per heavy atom. The average molecular weight is 486 g/mol. The fourth-order valence-electron chi connectivity index (χ4n) is 5.57. The lowest BCUT2D eigenvalue weighted by molar-refractivity contribution is 0.372. The fraction of sp³-hybridized carbons (Fsp3) is 0.219. The van der Waals surface area contributed by atoms with E-state index in [-0.39, 0.29) is 0 Å². The first-order chi connectivity index (χ1) is 18.3. The zero-order chi connectivity index (χ0) is 24.9. The number of benzene rings is 4. The summed E-state index contributed by atoms with van der Waals surface area (Å²) in [6.07, 6.45) is 3.62. The molecule has 0 spiro atoms. The molecule has 0 atom stereocenters. The summed E-state index contributed by atoms with van der Waals surface area (Å²) >= 11 is 0. The second-order valence-electron chi connectivity index (χ2n) is 9.81. The minimum absolute atomic E-state index is 0.626. The first-order valence-corrected chi connectivity index (χ1v) is 13.1. The number of piperidine rings is 1. The van der Waals surface area contributed by atoms with Crippen molar-refractivity contribution in [3.63, 3.8) is 0 Å². The third kappa shape index (κ3) is 4.58. The standard InChI is InChI=1S/C32H31N5/c1-4-10-28(11-5-1)32(29-12-6-2-7-13-29,30-14-8-3-9-15-30)37-35-31(34-36-37)27-18-16-25(17-19-27)24-26-20-22-33-23-21-26/h1-19,26,33H,20-24H2. The van der Waals surface area contributed by atoms with Crippen LogP contribution in [0.5, 0.6) is 0 Å². The predicted molar refractivity (Wildman–Crippen MR) is 147 cm³/mol. The van der Waals surface area contributed by atoms with Gasteiger partial charge in [0.2, 0.25) is 5.82 Å². The number of nitrogens with zero attached hydrogens (tertiary/aromatic N) is 4. The molecule has 0 aliphatic carbocycles. The molecule has 0 amide bonds. The number of hydrogen-bond acceptors (Lipinski definition) is 4. The van der Waals surface area contributed by atoms with E-state index in [4.69, 9.17) is 5.10 Å². The lowest BCUT2D eigenvalue weighted by Crippen LogP contribution is -2.39. The van der Waals surface area contributed by atoms with Crippen LogP contribution in [0.25, 0.3) is 11.4 Å². The largest absolute Gasteiger partial charge is 0.317 e. The first-order valence-electron chi connectivity index (χ1n) is 13.1. The van der Waals surface area contributed by atoms with Crippen molar-refractivity contribution in [3.8, 4) is 11.4 Å². The van der Waals surface area contributed by atoms with Crippen LogP contribution in [-0.2, 0) is 12.0 Å². The molecule has 1 aromatic heterocycles. The third-order valence-electron chi connectivity index (χ3n) is 7.48. The minimum atomic E-state index is -0.760. The SMILES string of the molecule is c1ccc(C(c2ccccc2)(c2ccccc2)n2nnc(-c3ccc(CC4CCNCC4)cc3)n2)cc1. The fourth-order valence-corrected chi connectivity index (χ4v) is 5.57. The Hall–Kier alpha value is -4.09. The van der Waals surface area contributed by atoms with Crippen molar-refractivity contribution in [1.82, 2.24) is 25.5 Å². The topological polar surface area (TPSA) is 55.6 Å². The van der Waals surface area contributed by atoms with Gasteiger partial charge in [-0.25, -0.2) is 0 Å². The molecule has 0 unspecified atom stereocenters. The van der Waals surface area contributed by atoms with Crippen molar-refractivity contribution in [2.75, 3.05) is 13.1 Å². The van der Waals surface area contributed by atoms with E-state index in [9.17, 15) is 0 Å². The van der Waals surface area contributed by atoms with E-state index in [2.05, 4.69) is 113 Å². The molecule has 5 heteroatoms. The second-order valence-corrected chi connectivity index (χ2v) is 9.81. The zero-order valence-corrected chi connectivity index (χ0v) is 20.9. The Morgan fingerprint density at radius 1 is 0.676 bits per heavy atom. The van der Waals surface area contributed by atoms with Crippen LogP contribution in [0.15, 0.2) is 115 Å². The highest BCUT2D eigenvalue weighted by atomic mass is 15.6. The number of rotatable bonds is 7. The zero-order valence-electron chi connectivity index (χ0n) is 20.9. The Kier molecular flexibility index (Phi) is 6.61. The Morgan fingerprint density at radius 2 is 1.19 bits per heavy atom. The summed E-state index contributed by atoms with van der Waals surface area (Å²) in [6.45, 7) is 2.25. The highest BCUT2D eigenvalue weighted by molar-refractivity contribution is 5.55. The number of aromatic nitrogens is 4. The molecule has 2 heterocycles. The summed E-state index contributed by atoms with van der Waals surface area (Å²) in [5.41, 5.74) is 4.82. The van der Waals surface area contributed by atoms with E-state index in [1.165, 1.54) is 18.4 Å². The van der Waals surface area contributed by atoms with Crippen molar-refractivity contribution in [2.24, 2.45) is 5.92 Å². The van der Waals surface area contributed by atoms with Gasteiger partial charge in [-0.2, -0.15) is 0 Å². The lowest BCUT2D eigenvalue weighted by atomic mass is 9.77. The molecule has 1 fully saturated rings. The van der Waals surface area contributed by atoms with Crippen molar-refractivity contribution in [2.45, 2.75) is 24.8 Å². The van der Waals surface area contributed by atoms with Gasteiger partial charge in [0.25, 0.3) is 0 Å². The van der Waals surface area contributed by atoms with Crippen molar-refractivity contribution >= 4 is 0 Å². The molecule has 37 heavy (non-hydrogen) atoms. The molecule has 0 saturated carbocycles. The Bertz CT molecular complexity index is 1310. The van der Waals surface area contributed by atoms with Crippen LogP contribution < -0.4 is 5.32 Å². The van der Waals surface area contributed by atoms with Crippen molar-refractivity contribution < 1.29 is 0 Å². The maximum atomic E-state index is 5.01. The smallest absolute Gasteiger partial charge is 0.204 e. The molecule has 5 nitrogen and oxygen atoms in total. The Labute approximate surface area is 218 Å². The first kappa shape index (κ1) is 23.3. The highest BCUT2D eigenvalue weighted by Crippen LogP contribution is 2.39. The average Bonchev–Trinajstić information content (AvgIpc) is 3.47. The molecule has 1 aliphatic rings. The van der Waals surface area contributed by atoms with Gasteiger partial charge in [-0.05, 0) is 65.7 Å².